The van der Waals surface area contributed by atoms with Gasteiger partial charge in [0.15, 0.2) is 6.04 Å². The van der Waals surface area contributed by atoms with Crippen molar-refractivity contribution in [2.24, 2.45) is 4.99 Å². The number of rotatable bonds is 5. The van der Waals surface area contributed by atoms with Crippen molar-refractivity contribution in [1.82, 2.24) is 15.5 Å². The summed E-state index contributed by atoms with van der Waals surface area (Å²) in [6.45, 7) is 2.26. The average molecular weight is 530 g/mol. The van der Waals surface area contributed by atoms with E-state index in [2.05, 4.69) is 33.6 Å². The van der Waals surface area contributed by atoms with Crippen LogP contribution in [0.3, 0.4) is 0 Å². The number of thiol groups is 1. The van der Waals surface area contributed by atoms with Gasteiger partial charge in [-0.1, -0.05) is 25.0 Å². The zero-order valence-corrected chi connectivity index (χ0v) is 22.0. The second-order valence-corrected chi connectivity index (χ2v) is 10.2. The summed E-state index contributed by atoms with van der Waals surface area (Å²) >= 11 is 4.25. The quantitative estimate of drug-likeness (QED) is 0.339. The van der Waals surface area contributed by atoms with Crippen LogP contribution in [0.15, 0.2) is 29.3 Å². The highest BCUT2D eigenvalue weighted by molar-refractivity contribution is 7.80. The number of unbranched alkanes of at least 4 members (excludes halogenated alkanes) is 2. The minimum absolute atomic E-state index is 0.0669. The van der Waals surface area contributed by atoms with E-state index in [0.717, 1.165) is 30.6 Å². The third-order valence-corrected chi connectivity index (χ3v) is 7.20. The van der Waals surface area contributed by atoms with E-state index in [1.165, 1.54) is 0 Å². The van der Waals surface area contributed by atoms with Crippen LogP contribution in [0.25, 0.3) is 0 Å². The van der Waals surface area contributed by atoms with Gasteiger partial charge in [0.25, 0.3) is 5.91 Å². The summed E-state index contributed by atoms with van der Waals surface area (Å²) < 4.78 is 5.65. The highest BCUT2D eigenvalue weighted by Gasteiger charge is 2.40. The largest absolute Gasteiger partial charge is 0.477 e. The van der Waals surface area contributed by atoms with Crippen molar-refractivity contribution in [1.29, 1.82) is 0 Å². The summed E-state index contributed by atoms with van der Waals surface area (Å²) in [6.07, 6.45) is 4.34. The van der Waals surface area contributed by atoms with Crippen molar-refractivity contribution < 1.29 is 23.9 Å². The topological polar surface area (TPSA) is 129 Å². The Bertz CT molecular complexity index is 1060. The molecule has 0 aromatic heterocycles. The predicted octanol–water partition coefficient (Wildman–Crippen LogP) is 1.45. The van der Waals surface area contributed by atoms with Crippen LogP contribution in [0.4, 0.5) is 5.69 Å². The number of hydrogen-bond donors (Lipinski definition) is 4. The van der Waals surface area contributed by atoms with Crippen molar-refractivity contribution in [2.45, 2.75) is 76.0 Å². The van der Waals surface area contributed by atoms with Crippen molar-refractivity contribution in [3.8, 4) is 0 Å². The molecule has 0 unspecified atom stereocenters. The molecule has 3 N–H and O–H groups in total. The number of nitrogens with zero attached hydrogens (tertiary/aromatic N) is 2. The molecule has 1 fully saturated rings. The Morgan fingerprint density at radius 1 is 1.11 bits per heavy atom. The number of hydrogen-bond acceptors (Lipinski definition) is 7. The number of aliphatic imine (C=N–C) groups is 1. The van der Waals surface area contributed by atoms with Gasteiger partial charge in [0.1, 0.15) is 24.7 Å². The second-order valence-electron chi connectivity index (χ2n) is 9.77. The molecule has 3 aliphatic rings. The monoisotopic (exact) mass is 529 g/mol. The summed E-state index contributed by atoms with van der Waals surface area (Å²) in [7, 11) is 0. The SMILES string of the molecule is C[C@@H]1NC(=O)Cc2cccc(c2)NC(=O)[C@H](CCCCCS)NC(=O)[C@@H]2CCCN2C(=O)[C@@H]2COC1=N2. The normalized spacial score (nSPS) is 26.8. The van der Waals surface area contributed by atoms with Crippen molar-refractivity contribution in [2.75, 3.05) is 24.2 Å². The Hall–Kier alpha value is -3.08. The Labute approximate surface area is 222 Å². The number of carbonyl (C=O) groups is 4. The highest BCUT2D eigenvalue weighted by Crippen LogP contribution is 2.22. The molecule has 1 saturated heterocycles. The van der Waals surface area contributed by atoms with E-state index in [4.69, 9.17) is 4.74 Å². The van der Waals surface area contributed by atoms with Crippen LogP contribution in [0.1, 0.15) is 51.0 Å². The molecule has 4 amide bonds. The van der Waals surface area contributed by atoms with Gasteiger partial charge in [-0.15, -0.1) is 0 Å². The zero-order valence-electron chi connectivity index (χ0n) is 21.1. The summed E-state index contributed by atoms with van der Waals surface area (Å²) in [5.74, 6) is -0.112. The number of benzene rings is 1. The van der Waals surface area contributed by atoms with Crippen LogP contribution >= 0.6 is 12.6 Å². The Balaban J connectivity index is 1.60. The number of fused-ring (bicyclic) bond motifs is 4. The van der Waals surface area contributed by atoms with Gasteiger partial charge in [-0.05, 0) is 56.1 Å². The van der Waals surface area contributed by atoms with Crippen LogP contribution in [0.2, 0.25) is 0 Å². The molecule has 4 rings (SSSR count). The lowest BCUT2D eigenvalue weighted by molar-refractivity contribution is -0.140. The van der Waals surface area contributed by atoms with E-state index in [9.17, 15) is 19.2 Å². The molecule has 0 saturated carbocycles. The van der Waals surface area contributed by atoms with Gasteiger partial charge in [0.05, 0.1) is 6.42 Å². The lowest BCUT2D eigenvalue weighted by Crippen LogP contribution is -2.53. The van der Waals surface area contributed by atoms with Gasteiger partial charge in [-0.25, -0.2) is 4.99 Å². The number of amides is 4. The molecule has 10 nitrogen and oxygen atoms in total. The van der Waals surface area contributed by atoms with Crippen molar-refractivity contribution in [3.63, 3.8) is 0 Å². The molecule has 3 heterocycles. The zero-order chi connectivity index (χ0) is 26.4. The van der Waals surface area contributed by atoms with Crippen LogP contribution in [-0.2, 0) is 30.3 Å². The summed E-state index contributed by atoms with van der Waals surface area (Å²) in [5, 5.41) is 8.67. The van der Waals surface area contributed by atoms with Crippen LogP contribution < -0.4 is 16.0 Å². The summed E-state index contributed by atoms with van der Waals surface area (Å²) in [4.78, 5) is 58.5. The van der Waals surface area contributed by atoms with Gasteiger partial charge < -0.3 is 25.6 Å². The summed E-state index contributed by atoms with van der Waals surface area (Å²) in [5.41, 5.74) is 1.27. The van der Waals surface area contributed by atoms with E-state index in [-0.39, 0.29) is 36.7 Å². The minimum Gasteiger partial charge on any atom is -0.477 e. The Morgan fingerprint density at radius 3 is 2.76 bits per heavy atom. The maximum Gasteiger partial charge on any atom is 0.251 e. The maximum absolute atomic E-state index is 13.3. The average Bonchev–Trinajstić information content (AvgIpc) is 3.55. The van der Waals surface area contributed by atoms with E-state index in [1.807, 2.05) is 6.07 Å². The first-order valence-electron chi connectivity index (χ1n) is 13.0. The molecule has 4 atom stereocenters. The fourth-order valence-electron chi connectivity index (χ4n) is 4.95. The first kappa shape index (κ1) is 27.0. The number of nitrogens with one attached hydrogen (secondary N) is 3. The van der Waals surface area contributed by atoms with Gasteiger partial charge >= 0.3 is 0 Å². The molecule has 11 heteroatoms. The van der Waals surface area contributed by atoms with Gasteiger partial charge in [-0.2, -0.15) is 12.6 Å². The number of ether oxygens (including phenoxy) is 1. The molecule has 0 spiro atoms. The minimum atomic E-state index is -0.765. The second kappa shape index (κ2) is 12.4. The lowest BCUT2D eigenvalue weighted by Gasteiger charge is -2.27. The molecular formula is C26H35N5O5S. The fraction of sp³-hybridized carbons (Fsp3) is 0.577. The number of anilines is 1. The molecular weight excluding hydrogens is 494 g/mol. The molecule has 0 radical (unpaired) electrons. The van der Waals surface area contributed by atoms with Gasteiger partial charge in [0.2, 0.25) is 23.6 Å². The lowest BCUT2D eigenvalue weighted by atomic mass is 10.1. The van der Waals surface area contributed by atoms with Gasteiger partial charge in [-0.3, -0.25) is 19.2 Å². The van der Waals surface area contributed by atoms with E-state index < -0.39 is 24.2 Å². The fourth-order valence-corrected chi connectivity index (χ4v) is 5.18. The van der Waals surface area contributed by atoms with Crippen LogP contribution in [0, 0.1) is 0 Å². The van der Waals surface area contributed by atoms with Gasteiger partial charge in [0, 0.05) is 12.2 Å². The van der Waals surface area contributed by atoms with Crippen LogP contribution in [-0.4, -0.2) is 77.5 Å². The third kappa shape index (κ3) is 6.82. The molecule has 1 aromatic rings. The Morgan fingerprint density at radius 2 is 1.95 bits per heavy atom. The van der Waals surface area contributed by atoms with E-state index >= 15 is 0 Å². The molecule has 0 aliphatic carbocycles. The smallest absolute Gasteiger partial charge is 0.251 e. The Kier molecular flexibility index (Phi) is 9.07. The van der Waals surface area contributed by atoms with Crippen LogP contribution in [0.5, 0.6) is 0 Å². The number of carbonyl (C=O) groups excluding carboxylic acids is 4. The first-order valence-corrected chi connectivity index (χ1v) is 13.6. The van der Waals surface area contributed by atoms with Crippen molar-refractivity contribution >= 4 is 47.8 Å². The van der Waals surface area contributed by atoms with Crippen molar-refractivity contribution in [3.05, 3.63) is 29.8 Å². The predicted molar refractivity (Wildman–Crippen MR) is 143 cm³/mol. The molecule has 1 aromatic carbocycles. The summed E-state index contributed by atoms with van der Waals surface area (Å²) in [6, 6.07) is 4.39. The van der Waals surface area contributed by atoms with E-state index in [0.29, 0.717) is 37.4 Å². The van der Waals surface area contributed by atoms with E-state index in [1.54, 1.807) is 30.0 Å². The standard InChI is InChI=1S/C26H35N5O5S/c1-16-25-30-20(15-36-25)26(35)31-11-6-10-21(31)24(34)29-19(9-3-2-4-12-37)23(33)28-18-8-5-7-17(13-18)14-22(32)27-16/h5,7-8,13,16,19-21,37H,2-4,6,9-12,14-15H2,1H3,(H,27,32)(H,28,33)(H,29,34)/t16-,19-,20-,21-/m0/s1. The molecule has 3 aliphatic heterocycles. The highest BCUT2D eigenvalue weighted by atomic mass is 32.1. The molecule has 37 heavy (non-hydrogen) atoms. The molecule has 4 bridgehead atoms. The first-order chi connectivity index (χ1) is 17.9. The maximum atomic E-state index is 13.3. The molecule has 200 valence electrons. The third-order valence-electron chi connectivity index (χ3n) is 6.89.